The topological polar surface area (TPSA) is 76.5 Å². The summed E-state index contributed by atoms with van der Waals surface area (Å²) in [6.45, 7) is 4.33. The number of nitrogens with one attached hydrogen (secondary N) is 1. The fourth-order valence-electron chi connectivity index (χ4n) is 4.08. The van der Waals surface area contributed by atoms with Gasteiger partial charge in [0.2, 0.25) is 11.8 Å². The van der Waals surface area contributed by atoms with Crippen molar-refractivity contribution in [3.8, 4) is 22.7 Å². The zero-order valence-electron chi connectivity index (χ0n) is 21.7. The van der Waals surface area contributed by atoms with Gasteiger partial charge >= 0.3 is 0 Å². The van der Waals surface area contributed by atoms with Crippen molar-refractivity contribution >= 4 is 17.6 Å². The maximum atomic E-state index is 13.6. The van der Waals surface area contributed by atoms with Gasteiger partial charge in [0.15, 0.2) is 0 Å². The number of carbonyl (C=O) groups is 2. The highest BCUT2D eigenvalue weighted by Gasteiger charge is 2.21. The van der Waals surface area contributed by atoms with Crippen LogP contribution in [0.25, 0.3) is 16.9 Å². The second kappa shape index (κ2) is 12.2. The third-order valence-corrected chi connectivity index (χ3v) is 5.90. The van der Waals surface area contributed by atoms with Gasteiger partial charge in [-0.05, 0) is 47.9 Å². The number of ether oxygens (including phenoxy) is 1. The number of methoxy groups -OCH3 is 1. The number of anilines is 1. The quantitative estimate of drug-likeness (QED) is 0.309. The molecule has 0 aliphatic heterocycles. The van der Waals surface area contributed by atoms with E-state index in [0.717, 1.165) is 11.1 Å². The number of aromatic nitrogens is 2. The van der Waals surface area contributed by atoms with E-state index in [1.807, 2.05) is 68.4 Å². The largest absolute Gasteiger partial charge is 0.497 e. The van der Waals surface area contributed by atoms with E-state index in [1.54, 1.807) is 34.9 Å². The molecule has 2 amide bonds. The lowest BCUT2D eigenvalue weighted by Gasteiger charge is -2.24. The van der Waals surface area contributed by atoms with Crippen LogP contribution in [-0.4, -0.2) is 46.7 Å². The minimum Gasteiger partial charge on any atom is -0.497 e. The molecule has 0 aliphatic carbocycles. The summed E-state index contributed by atoms with van der Waals surface area (Å²) in [5.41, 5.74) is 2.96. The van der Waals surface area contributed by atoms with E-state index in [1.165, 1.54) is 12.1 Å². The minimum absolute atomic E-state index is 0.109. The molecule has 7 nitrogen and oxygen atoms in total. The van der Waals surface area contributed by atoms with E-state index in [9.17, 15) is 14.0 Å². The van der Waals surface area contributed by atoms with Gasteiger partial charge in [-0.25, -0.2) is 9.07 Å². The number of halogens is 1. The van der Waals surface area contributed by atoms with Gasteiger partial charge in [0.25, 0.3) is 0 Å². The van der Waals surface area contributed by atoms with Crippen molar-refractivity contribution in [1.29, 1.82) is 0 Å². The molecule has 0 fully saturated rings. The second-order valence-electron chi connectivity index (χ2n) is 9.41. The lowest BCUT2D eigenvalue weighted by atomic mass is 10.1. The third kappa shape index (κ3) is 6.85. The lowest BCUT2D eigenvalue weighted by molar-refractivity contribution is -0.134. The fourth-order valence-corrected chi connectivity index (χ4v) is 4.08. The van der Waals surface area contributed by atoms with Crippen molar-refractivity contribution in [3.63, 3.8) is 0 Å². The van der Waals surface area contributed by atoms with Crippen molar-refractivity contribution in [2.24, 2.45) is 5.92 Å². The Hall–Kier alpha value is -4.46. The Morgan fingerprint density at radius 1 is 1.00 bits per heavy atom. The Morgan fingerprint density at radius 3 is 2.32 bits per heavy atom. The molecule has 0 spiro atoms. The molecule has 0 saturated heterocycles. The molecule has 4 aromatic rings. The first-order valence-electron chi connectivity index (χ1n) is 12.4. The Labute approximate surface area is 221 Å². The van der Waals surface area contributed by atoms with Gasteiger partial charge in [-0.2, -0.15) is 5.10 Å². The van der Waals surface area contributed by atoms with Crippen molar-refractivity contribution in [1.82, 2.24) is 14.7 Å². The van der Waals surface area contributed by atoms with E-state index in [-0.39, 0.29) is 36.5 Å². The fraction of sp³-hybridized carbons (Fsp3) is 0.233. The van der Waals surface area contributed by atoms with Crippen LogP contribution in [0, 0.1) is 11.7 Å². The van der Waals surface area contributed by atoms with Crippen LogP contribution >= 0.6 is 0 Å². The molecular formula is C30H31FN4O3. The van der Waals surface area contributed by atoms with Crippen LogP contribution in [0.1, 0.15) is 19.4 Å². The number of hydrogen-bond donors (Lipinski definition) is 1. The van der Waals surface area contributed by atoms with Crippen LogP contribution < -0.4 is 10.1 Å². The molecule has 8 heteroatoms. The minimum atomic E-state index is -0.366. The van der Waals surface area contributed by atoms with Gasteiger partial charge in [0.1, 0.15) is 17.4 Å². The summed E-state index contributed by atoms with van der Waals surface area (Å²) in [6.07, 6.45) is 0.176. The maximum Gasteiger partial charge on any atom is 0.245 e. The van der Waals surface area contributed by atoms with Gasteiger partial charge in [-0.1, -0.05) is 56.3 Å². The zero-order valence-corrected chi connectivity index (χ0v) is 21.7. The van der Waals surface area contributed by atoms with Crippen LogP contribution in [0.5, 0.6) is 5.75 Å². The molecule has 0 radical (unpaired) electrons. The van der Waals surface area contributed by atoms with Crippen molar-refractivity contribution in [3.05, 3.63) is 96.3 Å². The maximum absolute atomic E-state index is 13.6. The van der Waals surface area contributed by atoms with E-state index in [2.05, 4.69) is 10.4 Å². The van der Waals surface area contributed by atoms with E-state index in [4.69, 9.17) is 4.74 Å². The summed E-state index contributed by atoms with van der Waals surface area (Å²) in [5, 5.41) is 7.56. The summed E-state index contributed by atoms with van der Waals surface area (Å²) in [5.74, 6) is 0.457. The molecule has 1 heterocycles. The number of benzene rings is 3. The number of rotatable bonds is 10. The molecule has 0 saturated carbocycles. The molecule has 1 aromatic heterocycles. The van der Waals surface area contributed by atoms with E-state index < -0.39 is 0 Å². The lowest BCUT2D eigenvalue weighted by Crippen LogP contribution is -2.41. The third-order valence-electron chi connectivity index (χ3n) is 5.90. The van der Waals surface area contributed by atoms with Crippen LogP contribution in [0.4, 0.5) is 10.2 Å². The first-order chi connectivity index (χ1) is 18.3. The van der Waals surface area contributed by atoms with Crippen LogP contribution in [-0.2, 0) is 16.0 Å². The van der Waals surface area contributed by atoms with Gasteiger partial charge in [-0.3, -0.25) is 9.59 Å². The summed E-state index contributed by atoms with van der Waals surface area (Å²) in [7, 11) is 1.59. The molecule has 0 bridgehead atoms. The number of amides is 2. The Morgan fingerprint density at radius 2 is 1.68 bits per heavy atom. The highest BCUT2D eigenvalue weighted by atomic mass is 19.1. The SMILES string of the molecule is COc1ccc(CC(=O)N(CC(=O)Nc2cc(-c3ccccc3)nn2-c2ccc(F)cc2)CC(C)C)cc1. The summed E-state index contributed by atoms with van der Waals surface area (Å²) in [4.78, 5) is 27.9. The molecule has 0 unspecified atom stereocenters. The zero-order chi connectivity index (χ0) is 27.1. The number of carbonyl (C=O) groups excluding carboxylic acids is 2. The van der Waals surface area contributed by atoms with Crippen molar-refractivity contribution < 1.29 is 18.7 Å². The highest BCUT2D eigenvalue weighted by Crippen LogP contribution is 2.25. The van der Waals surface area contributed by atoms with Gasteiger partial charge in [0.05, 0.1) is 31.5 Å². The Bertz CT molecular complexity index is 1370. The normalized spacial score (nSPS) is 10.9. The Kier molecular flexibility index (Phi) is 8.53. The average molecular weight is 515 g/mol. The predicted octanol–water partition coefficient (Wildman–Crippen LogP) is 5.35. The standard InChI is InChI=1S/C30H31FN4O3/c1-21(2)19-34(30(37)17-22-9-15-26(38-3)16-10-22)20-29(36)32-28-18-27(23-7-5-4-6-8-23)33-35(28)25-13-11-24(31)12-14-25/h4-16,18,21H,17,19-20H2,1-3H3,(H,32,36). The van der Waals surface area contributed by atoms with Gasteiger partial charge < -0.3 is 15.0 Å². The molecule has 196 valence electrons. The summed E-state index contributed by atoms with van der Waals surface area (Å²) < 4.78 is 20.3. The molecule has 3 aromatic carbocycles. The van der Waals surface area contributed by atoms with Crippen LogP contribution in [0.3, 0.4) is 0 Å². The summed E-state index contributed by atoms with van der Waals surface area (Å²) >= 11 is 0. The van der Waals surface area contributed by atoms with E-state index in [0.29, 0.717) is 29.5 Å². The van der Waals surface area contributed by atoms with Crippen LogP contribution in [0.15, 0.2) is 84.9 Å². The molecule has 1 N–H and O–H groups in total. The van der Waals surface area contributed by atoms with Gasteiger partial charge in [-0.15, -0.1) is 0 Å². The smallest absolute Gasteiger partial charge is 0.245 e. The van der Waals surface area contributed by atoms with Crippen molar-refractivity contribution in [2.45, 2.75) is 20.3 Å². The number of hydrogen-bond acceptors (Lipinski definition) is 4. The van der Waals surface area contributed by atoms with Crippen molar-refractivity contribution in [2.75, 3.05) is 25.5 Å². The molecule has 0 atom stereocenters. The molecule has 4 rings (SSSR count). The van der Waals surface area contributed by atoms with Gasteiger partial charge in [0, 0.05) is 18.2 Å². The monoisotopic (exact) mass is 514 g/mol. The first kappa shape index (κ1) is 26.6. The highest BCUT2D eigenvalue weighted by molar-refractivity contribution is 5.95. The Balaban J connectivity index is 1.54. The first-order valence-corrected chi connectivity index (χ1v) is 12.4. The molecular weight excluding hydrogens is 483 g/mol. The molecule has 38 heavy (non-hydrogen) atoms. The molecule has 0 aliphatic rings. The second-order valence-corrected chi connectivity index (χ2v) is 9.41. The summed E-state index contributed by atoms with van der Waals surface area (Å²) in [6, 6.07) is 24.5. The van der Waals surface area contributed by atoms with E-state index >= 15 is 0 Å². The van der Waals surface area contributed by atoms with Crippen LogP contribution in [0.2, 0.25) is 0 Å². The average Bonchev–Trinajstić information content (AvgIpc) is 3.33. The predicted molar refractivity (Wildman–Crippen MR) is 146 cm³/mol. The number of nitrogens with zero attached hydrogens (tertiary/aromatic N) is 3.